The lowest BCUT2D eigenvalue weighted by Crippen LogP contribution is -2.06. The molecule has 0 radical (unpaired) electrons. The predicted octanol–water partition coefficient (Wildman–Crippen LogP) is 1.48. The smallest absolute Gasteiger partial charge is 0.0248 e. The van der Waals surface area contributed by atoms with Gasteiger partial charge in [0.05, 0.1) is 0 Å². The van der Waals surface area contributed by atoms with Crippen molar-refractivity contribution in [2.24, 2.45) is 0 Å². The van der Waals surface area contributed by atoms with Gasteiger partial charge in [-0.25, -0.2) is 5.48 Å². The molecule has 0 unspecified atom stereocenters. The third kappa shape index (κ3) is 7.44. The molecule has 0 aromatic rings. The van der Waals surface area contributed by atoms with Gasteiger partial charge in [-0.05, 0) is 31.9 Å². The first-order valence-corrected chi connectivity index (χ1v) is 3.02. The third-order valence-corrected chi connectivity index (χ3v) is 0.791. The molecule has 0 aliphatic heterocycles. The van der Waals surface area contributed by atoms with Gasteiger partial charge in [-0.1, -0.05) is 0 Å². The second kappa shape index (κ2) is 5.57. The first-order valence-electron chi connectivity index (χ1n) is 3.02. The van der Waals surface area contributed by atoms with E-state index in [1.54, 1.807) is 0 Å². The second-order valence-corrected chi connectivity index (χ2v) is 2.05. The summed E-state index contributed by atoms with van der Waals surface area (Å²) in [5.41, 5.74) is 6.24. The maximum absolute atomic E-state index is 8.13. The van der Waals surface area contributed by atoms with E-state index < -0.39 is 0 Å². The number of nitrogens with one attached hydrogen (secondary N) is 1. The van der Waals surface area contributed by atoms with Gasteiger partial charge in [0.1, 0.15) is 0 Å². The average molecular weight is 127 g/mol. The summed E-state index contributed by atoms with van der Waals surface area (Å²) in [5, 5.41) is 8.13. The summed E-state index contributed by atoms with van der Waals surface area (Å²) < 4.78 is 0. The van der Waals surface area contributed by atoms with Crippen LogP contribution < -0.4 is 5.48 Å². The van der Waals surface area contributed by atoms with Crippen LogP contribution in [0.4, 0.5) is 0 Å². The summed E-state index contributed by atoms with van der Waals surface area (Å²) in [7, 11) is 0. The number of hydrogen-bond acceptors (Lipinski definition) is 2. The minimum Gasteiger partial charge on any atom is -0.317 e. The summed E-state index contributed by atoms with van der Waals surface area (Å²) in [5.74, 6) is 0. The molecule has 0 heterocycles. The van der Waals surface area contributed by atoms with E-state index in [4.69, 9.17) is 5.21 Å². The lowest BCUT2D eigenvalue weighted by atomic mass is 10.3. The van der Waals surface area contributed by atoms with Gasteiger partial charge in [-0.15, -0.1) is 5.73 Å². The third-order valence-electron chi connectivity index (χ3n) is 0.791. The van der Waals surface area contributed by atoms with Crippen molar-refractivity contribution in [3.63, 3.8) is 0 Å². The van der Waals surface area contributed by atoms with E-state index in [0.29, 0.717) is 6.54 Å². The molecule has 0 saturated carbocycles. The van der Waals surface area contributed by atoms with E-state index in [-0.39, 0.29) is 0 Å². The van der Waals surface area contributed by atoms with Crippen molar-refractivity contribution in [2.75, 3.05) is 6.54 Å². The Bertz CT molecular complexity index is 119. The highest BCUT2D eigenvalue weighted by Crippen LogP contribution is 1.84. The summed E-state index contributed by atoms with van der Waals surface area (Å²) in [4.78, 5) is 0. The largest absolute Gasteiger partial charge is 0.317 e. The minimum absolute atomic E-state index is 0.598. The minimum atomic E-state index is 0.598. The van der Waals surface area contributed by atoms with Crippen LogP contribution in [0, 0.1) is 0 Å². The standard InChI is InChI=1S/C7H13NO/c1-7(2)5-3-4-6-8-9/h3,8-9H,4,6H2,1-2H3. The molecule has 0 rings (SSSR count). The number of hydrogen-bond donors (Lipinski definition) is 2. The summed E-state index contributed by atoms with van der Waals surface area (Å²) in [6.45, 7) is 4.58. The van der Waals surface area contributed by atoms with Crippen LogP contribution >= 0.6 is 0 Å². The fraction of sp³-hybridized carbons (Fsp3) is 0.571. The molecular formula is C7H13NO. The Kier molecular flexibility index (Phi) is 5.23. The van der Waals surface area contributed by atoms with Crippen LogP contribution in [0.2, 0.25) is 0 Å². The van der Waals surface area contributed by atoms with Crippen LogP contribution in [0.1, 0.15) is 20.3 Å². The topological polar surface area (TPSA) is 32.3 Å². The normalized spacial score (nSPS) is 8.33. The highest BCUT2D eigenvalue weighted by atomic mass is 16.5. The zero-order valence-electron chi connectivity index (χ0n) is 5.94. The monoisotopic (exact) mass is 127 g/mol. The van der Waals surface area contributed by atoms with Gasteiger partial charge in [-0.2, -0.15) is 0 Å². The van der Waals surface area contributed by atoms with Crippen LogP contribution in [0.3, 0.4) is 0 Å². The molecule has 52 valence electrons. The Morgan fingerprint density at radius 2 is 2.33 bits per heavy atom. The summed E-state index contributed by atoms with van der Waals surface area (Å²) in [6.07, 6.45) is 2.72. The van der Waals surface area contributed by atoms with E-state index in [2.05, 4.69) is 11.2 Å². The molecule has 0 saturated heterocycles. The van der Waals surface area contributed by atoms with Gasteiger partial charge in [0.2, 0.25) is 0 Å². The van der Waals surface area contributed by atoms with Crippen LogP contribution in [0.15, 0.2) is 17.4 Å². The molecule has 0 fully saturated rings. The Balaban J connectivity index is 3.36. The lowest BCUT2D eigenvalue weighted by Gasteiger charge is -1.86. The first-order chi connectivity index (χ1) is 4.27. The van der Waals surface area contributed by atoms with Gasteiger partial charge in [0.25, 0.3) is 0 Å². The van der Waals surface area contributed by atoms with Gasteiger partial charge in [0.15, 0.2) is 0 Å². The van der Waals surface area contributed by atoms with Crippen LogP contribution in [-0.2, 0) is 0 Å². The van der Waals surface area contributed by atoms with Crippen molar-refractivity contribution in [3.8, 4) is 0 Å². The van der Waals surface area contributed by atoms with E-state index in [0.717, 1.165) is 12.0 Å². The van der Waals surface area contributed by atoms with Gasteiger partial charge >= 0.3 is 0 Å². The molecule has 2 nitrogen and oxygen atoms in total. The van der Waals surface area contributed by atoms with Crippen molar-refractivity contribution in [1.29, 1.82) is 0 Å². The van der Waals surface area contributed by atoms with Crippen molar-refractivity contribution in [1.82, 2.24) is 5.48 Å². The molecule has 0 atom stereocenters. The maximum Gasteiger partial charge on any atom is 0.0248 e. The second-order valence-electron chi connectivity index (χ2n) is 2.05. The molecule has 0 bridgehead atoms. The number of hydroxylamine groups is 1. The lowest BCUT2D eigenvalue weighted by molar-refractivity contribution is 0.169. The molecule has 9 heavy (non-hydrogen) atoms. The highest BCUT2D eigenvalue weighted by Gasteiger charge is 1.74. The van der Waals surface area contributed by atoms with E-state index in [9.17, 15) is 0 Å². The van der Waals surface area contributed by atoms with Gasteiger partial charge < -0.3 is 5.21 Å². The Labute approximate surface area is 55.8 Å². The molecule has 0 amide bonds. The Morgan fingerprint density at radius 1 is 1.67 bits per heavy atom. The quantitative estimate of drug-likeness (QED) is 0.342. The van der Waals surface area contributed by atoms with Crippen LogP contribution in [0.5, 0.6) is 0 Å². The van der Waals surface area contributed by atoms with Crippen LogP contribution in [-0.4, -0.2) is 11.8 Å². The fourth-order valence-electron chi connectivity index (χ4n) is 0.413. The SMILES string of the molecule is CC(C)=C=CCCNO. The molecule has 0 aliphatic carbocycles. The molecule has 0 aromatic heterocycles. The molecule has 2 N–H and O–H groups in total. The molecule has 0 aliphatic rings. The van der Waals surface area contributed by atoms with Gasteiger partial charge in [-0.3, -0.25) is 0 Å². The maximum atomic E-state index is 8.13. The first kappa shape index (κ1) is 8.44. The van der Waals surface area contributed by atoms with Crippen molar-refractivity contribution >= 4 is 0 Å². The predicted molar refractivity (Wildman–Crippen MR) is 37.4 cm³/mol. The highest BCUT2D eigenvalue weighted by molar-refractivity contribution is 4.93. The van der Waals surface area contributed by atoms with E-state index in [1.807, 2.05) is 19.9 Å². The fourth-order valence-corrected chi connectivity index (χ4v) is 0.413. The van der Waals surface area contributed by atoms with E-state index >= 15 is 0 Å². The van der Waals surface area contributed by atoms with E-state index in [1.165, 1.54) is 0 Å². The molecule has 0 spiro atoms. The molecule has 0 aromatic carbocycles. The zero-order valence-corrected chi connectivity index (χ0v) is 5.94. The Morgan fingerprint density at radius 3 is 2.78 bits per heavy atom. The van der Waals surface area contributed by atoms with Crippen molar-refractivity contribution < 1.29 is 5.21 Å². The average Bonchev–Trinajstić information content (AvgIpc) is 1.80. The Hall–Kier alpha value is -0.560. The summed E-state index contributed by atoms with van der Waals surface area (Å²) >= 11 is 0. The zero-order chi connectivity index (χ0) is 7.11. The van der Waals surface area contributed by atoms with Crippen molar-refractivity contribution in [2.45, 2.75) is 20.3 Å². The molecular weight excluding hydrogens is 114 g/mol. The summed E-state index contributed by atoms with van der Waals surface area (Å²) in [6, 6.07) is 0. The van der Waals surface area contributed by atoms with Crippen LogP contribution in [0.25, 0.3) is 0 Å². The molecule has 2 heteroatoms. The van der Waals surface area contributed by atoms with Gasteiger partial charge in [0, 0.05) is 6.54 Å². The number of rotatable bonds is 3. The van der Waals surface area contributed by atoms with Crippen molar-refractivity contribution in [3.05, 3.63) is 17.4 Å².